The van der Waals surface area contributed by atoms with E-state index < -0.39 is 0 Å². The van der Waals surface area contributed by atoms with Crippen molar-refractivity contribution in [1.29, 1.82) is 0 Å². The number of hydrogen-bond acceptors (Lipinski definition) is 5. The first kappa shape index (κ1) is 16.7. The van der Waals surface area contributed by atoms with Crippen LogP contribution >= 0.6 is 11.6 Å². The van der Waals surface area contributed by atoms with E-state index in [9.17, 15) is 9.59 Å². The molecule has 2 saturated heterocycles. The molecule has 9 heteroatoms. The normalized spacial score (nSPS) is 23.3. The average molecular weight is 369 g/mol. The van der Waals surface area contributed by atoms with E-state index in [2.05, 4.69) is 5.10 Å². The highest BCUT2D eigenvalue weighted by Gasteiger charge is 2.33. The Labute approximate surface area is 150 Å². The van der Waals surface area contributed by atoms with Crippen molar-refractivity contribution in [2.75, 3.05) is 39.4 Å². The van der Waals surface area contributed by atoms with E-state index >= 15 is 0 Å². The van der Waals surface area contributed by atoms with Crippen molar-refractivity contribution >= 4 is 23.4 Å². The molecule has 0 radical (unpaired) electrons. The molecule has 8 nitrogen and oxygen atoms in total. The predicted octanol–water partition coefficient (Wildman–Crippen LogP) is 0.782. The molecule has 3 aliphatic rings. The number of ether oxygens (including phenoxy) is 2. The second-order valence-electron chi connectivity index (χ2n) is 6.51. The van der Waals surface area contributed by atoms with Crippen molar-refractivity contribution in [3.63, 3.8) is 0 Å². The molecule has 0 saturated carbocycles. The fourth-order valence-corrected chi connectivity index (χ4v) is 3.76. The summed E-state index contributed by atoms with van der Waals surface area (Å²) in [5.74, 6) is 0.302. The Bertz CT molecular complexity index is 678. The second kappa shape index (κ2) is 6.84. The van der Waals surface area contributed by atoms with Gasteiger partial charge in [-0.15, -0.1) is 0 Å². The molecule has 4 heterocycles. The van der Waals surface area contributed by atoms with Crippen LogP contribution in [0.4, 0.5) is 0 Å². The van der Waals surface area contributed by atoms with E-state index in [4.69, 9.17) is 21.1 Å². The molecule has 1 aromatic heterocycles. The van der Waals surface area contributed by atoms with Crippen LogP contribution in [0.5, 0.6) is 5.88 Å². The molecule has 3 aliphatic heterocycles. The van der Waals surface area contributed by atoms with Gasteiger partial charge in [0.25, 0.3) is 11.8 Å². The van der Waals surface area contributed by atoms with Crippen LogP contribution in [0.3, 0.4) is 0 Å². The monoisotopic (exact) mass is 368 g/mol. The van der Waals surface area contributed by atoms with E-state index in [1.807, 2.05) is 0 Å². The van der Waals surface area contributed by atoms with Gasteiger partial charge in [-0.05, 0) is 12.8 Å². The van der Waals surface area contributed by atoms with Crippen LogP contribution in [0.2, 0.25) is 5.02 Å². The first-order chi connectivity index (χ1) is 12.1. The minimum Gasteiger partial charge on any atom is -0.477 e. The summed E-state index contributed by atoms with van der Waals surface area (Å²) in [6.45, 7) is 3.89. The van der Waals surface area contributed by atoms with Crippen LogP contribution in [0.25, 0.3) is 0 Å². The van der Waals surface area contributed by atoms with Crippen molar-refractivity contribution in [3.8, 4) is 5.88 Å². The molecule has 0 bridgehead atoms. The number of fused-ring (bicyclic) bond motifs is 1. The van der Waals surface area contributed by atoms with E-state index in [1.165, 1.54) is 0 Å². The van der Waals surface area contributed by atoms with Gasteiger partial charge >= 0.3 is 0 Å². The van der Waals surface area contributed by atoms with E-state index in [0.717, 1.165) is 19.3 Å². The molecule has 1 aromatic rings. The number of piperazine rings is 1. The molecule has 4 rings (SSSR count). The molecule has 0 aromatic carbocycles. The van der Waals surface area contributed by atoms with Gasteiger partial charge < -0.3 is 19.3 Å². The highest BCUT2D eigenvalue weighted by molar-refractivity contribution is 6.34. The molecule has 25 heavy (non-hydrogen) atoms. The maximum atomic E-state index is 12.8. The summed E-state index contributed by atoms with van der Waals surface area (Å²) in [4.78, 5) is 28.6. The first-order valence-corrected chi connectivity index (χ1v) is 9.11. The smallest absolute Gasteiger partial charge is 0.276 e. The number of rotatable bonds is 2. The zero-order chi connectivity index (χ0) is 17.4. The van der Waals surface area contributed by atoms with Gasteiger partial charge in [0.15, 0.2) is 5.69 Å². The number of carbonyl (C=O) groups excluding carboxylic acids is 2. The van der Waals surface area contributed by atoms with Crippen molar-refractivity contribution in [2.24, 2.45) is 0 Å². The van der Waals surface area contributed by atoms with Gasteiger partial charge in [-0.1, -0.05) is 11.6 Å². The maximum absolute atomic E-state index is 12.8. The third kappa shape index (κ3) is 3.08. The number of nitrogens with zero attached hydrogens (tertiary/aromatic N) is 4. The molecular weight excluding hydrogens is 348 g/mol. The van der Waals surface area contributed by atoms with Crippen LogP contribution in [0, 0.1) is 0 Å². The average Bonchev–Trinajstić information content (AvgIpc) is 3.30. The Kier molecular flexibility index (Phi) is 4.56. The summed E-state index contributed by atoms with van der Waals surface area (Å²) in [5.41, 5.74) is 0.234. The molecule has 0 N–H and O–H groups in total. The molecule has 1 unspecified atom stereocenters. The van der Waals surface area contributed by atoms with Crippen molar-refractivity contribution in [1.82, 2.24) is 19.6 Å². The van der Waals surface area contributed by atoms with E-state index in [1.54, 1.807) is 14.5 Å². The third-order valence-electron chi connectivity index (χ3n) is 4.89. The number of aryl methyl sites for hydroxylation is 1. The zero-order valence-electron chi connectivity index (χ0n) is 13.9. The van der Waals surface area contributed by atoms with E-state index in [0.29, 0.717) is 51.8 Å². The quantitative estimate of drug-likeness (QED) is 0.771. The zero-order valence-corrected chi connectivity index (χ0v) is 14.7. The standard InChI is InChI=1S/C16H21ClN4O4/c17-12-13(18-21-4-2-10-25-16(12)21)15(23)20-7-5-19(6-8-20)14(22)11-3-1-9-24-11/h11H,1-10H2. The number of carbonyl (C=O) groups is 2. The Morgan fingerprint density at radius 2 is 1.80 bits per heavy atom. The number of hydrogen-bond donors (Lipinski definition) is 0. The van der Waals surface area contributed by atoms with Crippen molar-refractivity contribution < 1.29 is 19.1 Å². The number of halogens is 1. The van der Waals surface area contributed by atoms with Crippen LogP contribution in [-0.2, 0) is 16.1 Å². The minimum atomic E-state index is -0.311. The second-order valence-corrected chi connectivity index (χ2v) is 6.89. The summed E-state index contributed by atoms with van der Waals surface area (Å²) >= 11 is 6.28. The Hall–Kier alpha value is -1.80. The van der Waals surface area contributed by atoms with Crippen LogP contribution in [0.15, 0.2) is 0 Å². The van der Waals surface area contributed by atoms with Gasteiger partial charge in [-0.3, -0.25) is 9.59 Å². The van der Waals surface area contributed by atoms with Crippen molar-refractivity contribution in [3.05, 3.63) is 10.7 Å². The predicted molar refractivity (Wildman–Crippen MR) is 88.8 cm³/mol. The van der Waals surface area contributed by atoms with E-state index in [-0.39, 0.29) is 28.6 Å². The Morgan fingerprint density at radius 3 is 2.48 bits per heavy atom. The lowest BCUT2D eigenvalue weighted by Gasteiger charge is -2.35. The lowest BCUT2D eigenvalue weighted by atomic mass is 10.2. The van der Waals surface area contributed by atoms with Crippen LogP contribution in [0.1, 0.15) is 29.8 Å². The fraction of sp³-hybridized carbons (Fsp3) is 0.688. The number of aromatic nitrogens is 2. The maximum Gasteiger partial charge on any atom is 0.276 e. The fourth-order valence-electron chi connectivity index (χ4n) is 3.49. The lowest BCUT2D eigenvalue weighted by Crippen LogP contribution is -2.52. The van der Waals surface area contributed by atoms with Gasteiger partial charge in [0.1, 0.15) is 11.1 Å². The summed E-state index contributed by atoms with van der Waals surface area (Å²) in [7, 11) is 0. The topological polar surface area (TPSA) is 76.9 Å². The van der Waals surface area contributed by atoms with Gasteiger partial charge in [0.05, 0.1) is 6.61 Å². The Morgan fingerprint density at radius 1 is 1.04 bits per heavy atom. The molecule has 0 spiro atoms. The molecule has 2 amide bonds. The molecule has 2 fully saturated rings. The summed E-state index contributed by atoms with van der Waals surface area (Å²) in [6, 6.07) is 0. The van der Waals surface area contributed by atoms with Gasteiger partial charge in [-0.25, -0.2) is 4.68 Å². The molecule has 136 valence electrons. The summed E-state index contributed by atoms with van der Waals surface area (Å²) in [5, 5.41) is 4.59. The van der Waals surface area contributed by atoms with Gasteiger partial charge in [0, 0.05) is 45.8 Å². The van der Waals surface area contributed by atoms with Gasteiger partial charge in [-0.2, -0.15) is 5.10 Å². The van der Waals surface area contributed by atoms with Crippen LogP contribution in [-0.4, -0.2) is 76.9 Å². The molecule has 1 atom stereocenters. The highest BCUT2D eigenvalue weighted by Crippen LogP contribution is 2.31. The molecular formula is C16H21ClN4O4. The SMILES string of the molecule is O=C(c1nn2c(c1Cl)OCCC2)N1CCN(C(=O)C2CCCO2)CC1. The summed E-state index contributed by atoms with van der Waals surface area (Å²) < 4.78 is 12.6. The summed E-state index contributed by atoms with van der Waals surface area (Å²) in [6.07, 6.45) is 2.25. The minimum absolute atomic E-state index is 0.0356. The largest absolute Gasteiger partial charge is 0.477 e. The molecule has 0 aliphatic carbocycles. The first-order valence-electron chi connectivity index (χ1n) is 8.74. The number of amides is 2. The highest BCUT2D eigenvalue weighted by atomic mass is 35.5. The van der Waals surface area contributed by atoms with Crippen molar-refractivity contribution in [2.45, 2.75) is 31.9 Å². The Balaban J connectivity index is 1.40. The van der Waals surface area contributed by atoms with Gasteiger partial charge in [0.2, 0.25) is 5.88 Å². The van der Waals surface area contributed by atoms with Crippen LogP contribution < -0.4 is 4.74 Å². The lowest BCUT2D eigenvalue weighted by molar-refractivity contribution is -0.142. The third-order valence-corrected chi connectivity index (χ3v) is 5.23.